The van der Waals surface area contributed by atoms with Gasteiger partial charge in [0.2, 0.25) is 10.0 Å². The zero-order valence-corrected chi connectivity index (χ0v) is 14.4. The molecule has 2 heterocycles. The van der Waals surface area contributed by atoms with Gasteiger partial charge in [-0.2, -0.15) is 4.31 Å². The zero-order valence-electron chi connectivity index (χ0n) is 13.6. The molecule has 0 saturated carbocycles. The van der Waals surface area contributed by atoms with E-state index in [0.717, 1.165) is 45.3 Å². The Hall–Kier alpha value is -0.170. The minimum absolute atomic E-state index is 0.141. The monoisotopic (exact) mass is 317 g/mol. The van der Waals surface area contributed by atoms with Crippen LogP contribution in [0.25, 0.3) is 0 Å². The van der Waals surface area contributed by atoms with Gasteiger partial charge in [-0.15, -0.1) is 0 Å². The minimum Gasteiger partial charge on any atom is -0.314 e. The van der Waals surface area contributed by atoms with E-state index in [1.807, 2.05) is 0 Å². The molecule has 2 rings (SSSR count). The van der Waals surface area contributed by atoms with Crippen molar-refractivity contribution in [3.05, 3.63) is 0 Å². The molecule has 5 nitrogen and oxygen atoms in total. The maximum atomic E-state index is 12.7. The van der Waals surface area contributed by atoms with Crippen molar-refractivity contribution in [1.82, 2.24) is 14.5 Å². The van der Waals surface area contributed by atoms with Gasteiger partial charge < -0.3 is 10.2 Å². The lowest BCUT2D eigenvalue weighted by Gasteiger charge is -2.30. The van der Waals surface area contributed by atoms with Crippen LogP contribution in [-0.2, 0) is 10.0 Å². The predicted molar refractivity (Wildman–Crippen MR) is 86.9 cm³/mol. The first-order valence-corrected chi connectivity index (χ1v) is 10.1. The largest absolute Gasteiger partial charge is 0.314 e. The van der Waals surface area contributed by atoms with Crippen LogP contribution in [-0.4, -0.2) is 68.7 Å². The predicted octanol–water partition coefficient (Wildman–Crippen LogP) is 1.26. The Morgan fingerprint density at radius 1 is 1.19 bits per heavy atom. The fourth-order valence-corrected chi connectivity index (χ4v) is 5.39. The van der Waals surface area contributed by atoms with Crippen LogP contribution < -0.4 is 5.32 Å². The van der Waals surface area contributed by atoms with Gasteiger partial charge in [0.25, 0.3) is 0 Å². The SMILES string of the molecule is CCC1CN(C)CCCN1S(=O)(=O)CCC1CCCCN1. The molecule has 0 aromatic carbocycles. The second-order valence-electron chi connectivity index (χ2n) is 6.54. The molecular weight excluding hydrogens is 286 g/mol. The van der Waals surface area contributed by atoms with E-state index in [-0.39, 0.29) is 6.04 Å². The van der Waals surface area contributed by atoms with Crippen LogP contribution >= 0.6 is 0 Å². The summed E-state index contributed by atoms with van der Waals surface area (Å²) in [4.78, 5) is 2.26. The van der Waals surface area contributed by atoms with Gasteiger partial charge in [0.15, 0.2) is 0 Å². The number of likely N-dealkylation sites (N-methyl/N-ethyl adjacent to an activating group) is 1. The number of sulfonamides is 1. The van der Waals surface area contributed by atoms with E-state index in [9.17, 15) is 8.42 Å². The molecule has 2 saturated heterocycles. The third-order valence-corrected chi connectivity index (χ3v) is 6.76. The van der Waals surface area contributed by atoms with Gasteiger partial charge in [-0.3, -0.25) is 0 Å². The number of piperidine rings is 1. The highest BCUT2D eigenvalue weighted by Gasteiger charge is 2.31. The molecule has 2 atom stereocenters. The smallest absolute Gasteiger partial charge is 0.214 e. The van der Waals surface area contributed by atoms with Crippen LogP contribution in [0.4, 0.5) is 0 Å². The molecule has 1 N–H and O–H groups in total. The minimum atomic E-state index is -3.12. The molecule has 0 spiro atoms. The molecule has 0 aromatic rings. The summed E-state index contributed by atoms with van der Waals surface area (Å²) in [6.07, 6.45) is 6.16. The van der Waals surface area contributed by atoms with E-state index >= 15 is 0 Å². The maximum Gasteiger partial charge on any atom is 0.214 e. The summed E-state index contributed by atoms with van der Waals surface area (Å²) in [7, 11) is -1.04. The van der Waals surface area contributed by atoms with Crippen LogP contribution in [0.1, 0.15) is 45.4 Å². The van der Waals surface area contributed by atoms with Crippen molar-refractivity contribution < 1.29 is 8.42 Å². The van der Waals surface area contributed by atoms with Crippen molar-refractivity contribution in [1.29, 1.82) is 0 Å². The molecular formula is C15H31N3O2S. The van der Waals surface area contributed by atoms with Crippen molar-refractivity contribution in [3.8, 4) is 0 Å². The van der Waals surface area contributed by atoms with Gasteiger partial charge in [0, 0.05) is 25.2 Å². The van der Waals surface area contributed by atoms with Gasteiger partial charge in [0.05, 0.1) is 5.75 Å². The van der Waals surface area contributed by atoms with Gasteiger partial charge in [-0.05, 0) is 52.2 Å². The summed E-state index contributed by atoms with van der Waals surface area (Å²) in [5.41, 5.74) is 0. The number of nitrogens with zero attached hydrogens (tertiary/aromatic N) is 2. The first-order chi connectivity index (χ1) is 10.0. The van der Waals surface area contributed by atoms with Crippen molar-refractivity contribution >= 4 is 10.0 Å². The van der Waals surface area contributed by atoms with Crippen LogP contribution in [0.3, 0.4) is 0 Å². The molecule has 0 aliphatic carbocycles. The Bertz CT molecular complexity index is 407. The number of rotatable bonds is 5. The molecule has 0 aromatic heterocycles. The first-order valence-electron chi connectivity index (χ1n) is 8.44. The van der Waals surface area contributed by atoms with E-state index in [1.165, 1.54) is 12.8 Å². The summed E-state index contributed by atoms with van der Waals surface area (Å²) in [6, 6.07) is 0.532. The number of hydrogen-bond donors (Lipinski definition) is 1. The molecule has 2 aliphatic heterocycles. The fraction of sp³-hybridized carbons (Fsp3) is 1.00. The second-order valence-corrected chi connectivity index (χ2v) is 8.58. The van der Waals surface area contributed by atoms with E-state index in [1.54, 1.807) is 4.31 Å². The van der Waals surface area contributed by atoms with Crippen molar-refractivity contribution in [2.24, 2.45) is 0 Å². The Kier molecular flexibility index (Phi) is 6.47. The first kappa shape index (κ1) is 17.2. The average Bonchev–Trinajstić information content (AvgIpc) is 2.68. The third kappa shape index (κ3) is 4.91. The van der Waals surface area contributed by atoms with Gasteiger partial charge in [-0.1, -0.05) is 13.3 Å². The summed E-state index contributed by atoms with van der Waals surface area (Å²) in [5.74, 6) is 0.297. The fourth-order valence-electron chi connectivity index (χ4n) is 3.50. The van der Waals surface area contributed by atoms with Crippen LogP contribution in [0.15, 0.2) is 0 Å². The van der Waals surface area contributed by atoms with Crippen molar-refractivity contribution in [2.45, 2.75) is 57.5 Å². The van der Waals surface area contributed by atoms with E-state index in [0.29, 0.717) is 18.3 Å². The van der Waals surface area contributed by atoms with E-state index in [2.05, 4.69) is 24.2 Å². The van der Waals surface area contributed by atoms with Gasteiger partial charge >= 0.3 is 0 Å². The summed E-state index contributed by atoms with van der Waals surface area (Å²) in [6.45, 7) is 5.67. The highest BCUT2D eigenvalue weighted by atomic mass is 32.2. The Morgan fingerprint density at radius 2 is 2.00 bits per heavy atom. The lowest BCUT2D eigenvalue weighted by molar-refractivity contribution is 0.269. The van der Waals surface area contributed by atoms with Gasteiger partial charge in [-0.25, -0.2) is 8.42 Å². The van der Waals surface area contributed by atoms with E-state index < -0.39 is 10.0 Å². The molecule has 2 fully saturated rings. The molecule has 0 bridgehead atoms. The maximum absolute atomic E-state index is 12.7. The topological polar surface area (TPSA) is 52.7 Å². The zero-order chi connectivity index (χ0) is 15.3. The Morgan fingerprint density at radius 3 is 2.67 bits per heavy atom. The van der Waals surface area contributed by atoms with Gasteiger partial charge in [0.1, 0.15) is 0 Å². The quantitative estimate of drug-likeness (QED) is 0.829. The Labute approximate surface area is 130 Å². The highest BCUT2D eigenvalue weighted by molar-refractivity contribution is 7.89. The third-order valence-electron chi connectivity index (χ3n) is 4.81. The molecule has 21 heavy (non-hydrogen) atoms. The van der Waals surface area contributed by atoms with Crippen molar-refractivity contribution in [3.63, 3.8) is 0 Å². The van der Waals surface area contributed by atoms with Crippen LogP contribution in [0.5, 0.6) is 0 Å². The van der Waals surface area contributed by atoms with Crippen molar-refractivity contribution in [2.75, 3.05) is 39.0 Å². The molecule has 2 aliphatic rings. The van der Waals surface area contributed by atoms with Crippen LogP contribution in [0.2, 0.25) is 0 Å². The lowest BCUT2D eigenvalue weighted by Crippen LogP contribution is -2.45. The normalized spacial score (nSPS) is 30.2. The second kappa shape index (κ2) is 7.90. The van der Waals surface area contributed by atoms with Crippen LogP contribution in [0, 0.1) is 0 Å². The Balaban J connectivity index is 1.95. The summed E-state index contributed by atoms with van der Waals surface area (Å²) < 4.78 is 27.3. The lowest BCUT2D eigenvalue weighted by atomic mass is 10.0. The van der Waals surface area contributed by atoms with E-state index in [4.69, 9.17) is 0 Å². The molecule has 124 valence electrons. The number of hydrogen-bond acceptors (Lipinski definition) is 4. The highest BCUT2D eigenvalue weighted by Crippen LogP contribution is 2.19. The average molecular weight is 317 g/mol. The standard InChI is InChI=1S/C15H31N3O2S/c1-3-15-13-17(2)10-6-11-18(15)21(19,20)12-8-14-7-4-5-9-16-14/h14-16H,3-13H2,1-2H3. The molecule has 0 amide bonds. The summed E-state index contributed by atoms with van der Waals surface area (Å²) >= 11 is 0. The molecule has 2 unspecified atom stereocenters. The number of nitrogens with one attached hydrogen (secondary N) is 1. The summed E-state index contributed by atoms with van der Waals surface area (Å²) in [5, 5.41) is 3.45. The molecule has 0 radical (unpaired) electrons. The molecule has 6 heteroatoms.